The molecular weight excluding hydrogens is 212 g/mol. The van der Waals surface area contributed by atoms with Crippen LogP contribution >= 0.6 is 0 Å². The standard InChI is InChI=1S/C14H16N2O/c1-10-7-12(15)5-6-14(10)16-9-11-3-2-4-13(17)8-11/h2-8,16-17H,9,15H2,1H3. The fraction of sp³-hybridized carbons (Fsp3) is 0.143. The van der Waals surface area contributed by atoms with Gasteiger partial charge in [-0.05, 0) is 48.4 Å². The third kappa shape index (κ3) is 2.91. The van der Waals surface area contributed by atoms with Gasteiger partial charge in [0.15, 0.2) is 0 Å². The largest absolute Gasteiger partial charge is 0.508 e. The van der Waals surface area contributed by atoms with Crippen LogP contribution in [0.5, 0.6) is 5.75 Å². The molecule has 3 nitrogen and oxygen atoms in total. The van der Waals surface area contributed by atoms with Crippen molar-refractivity contribution in [2.75, 3.05) is 11.1 Å². The average Bonchev–Trinajstić information content (AvgIpc) is 2.28. The molecule has 88 valence electrons. The van der Waals surface area contributed by atoms with Crippen molar-refractivity contribution < 1.29 is 5.11 Å². The van der Waals surface area contributed by atoms with Gasteiger partial charge in [-0.1, -0.05) is 12.1 Å². The second-order valence-electron chi connectivity index (χ2n) is 4.10. The number of hydrogen-bond donors (Lipinski definition) is 3. The molecule has 0 heterocycles. The van der Waals surface area contributed by atoms with Crippen LogP contribution in [0.4, 0.5) is 11.4 Å². The summed E-state index contributed by atoms with van der Waals surface area (Å²) in [5, 5.41) is 12.7. The van der Waals surface area contributed by atoms with Crippen LogP contribution in [0.2, 0.25) is 0 Å². The summed E-state index contributed by atoms with van der Waals surface area (Å²) in [6.07, 6.45) is 0. The topological polar surface area (TPSA) is 58.3 Å². The van der Waals surface area contributed by atoms with Crippen molar-refractivity contribution in [3.8, 4) is 5.75 Å². The van der Waals surface area contributed by atoms with E-state index in [4.69, 9.17) is 5.73 Å². The number of rotatable bonds is 3. The lowest BCUT2D eigenvalue weighted by atomic mass is 10.1. The lowest BCUT2D eigenvalue weighted by molar-refractivity contribution is 0.474. The molecule has 0 spiro atoms. The first-order chi connectivity index (χ1) is 8.15. The van der Waals surface area contributed by atoms with E-state index in [2.05, 4.69) is 5.32 Å². The monoisotopic (exact) mass is 228 g/mol. The Balaban J connectivity index is 2.07. The predicted octanol–water partition coefficient (Wildman–Crippen LogP) is 2.89. The zero-order valence-electron chi connectivity index (χ0n) is 9.77. The van der Waals surface area contributed by atoms with Crippen molar-refractivity contribution >= 4 is 11.4 Å². The maximum Gasteiger partial charge on any atom is 0.115 e. The van der Waals surface area contributed by atoms with Crippen LogP contribution < -0.4 is 11.1 Å². The van der Waals surface area contributed by atoms with Crippen LogP contribution in [-0.2, 0) is 6.54 Å². The number of benzene rings is 2. The van der Waals surface area contributed by atoms with Gasteiger partial charge in [-0.3, -0.25) is 0 Å². The molecule has 2 rings (SSSR count). The van der Waals surface area contributed by atoms with Crippen molar-refractivity contribution in [1.82, 2.24) is 0 Å². The molecular formula is C14H16N2O. The highest BCUT2D eigenvalue weighted by molar-refractivity contribution is 5.57. The molecule has 0 aliphatic heterocycles. The third-order valence-electron chi connectivity index (χ3n) is 2.64. The number of anilines is 2. The van der Waals surface area contributed by atoms with Gasteiger partial charge in [0, 0.05) is 17.9 Å². The summed E-state index contributed by atoms with van der Waals surface area (Å²) in [6.45, 7) is 2.69. The van der Waals surface area contributed by atoms with E-state index in [-0.39, 0.29) is 0 Å². The van der Waals surface area contributed by atoms with Crippen molar-refractivity contribution in [2.24, 2.45) is 0 Å². The molecule has 4 N–H and O–H groups in total. The second kappa shape index (κ2) is 4.78. The van der Waals surface area contributed by atoms with Crippen molar-refractivity contribution in [3.05, 3.63) is 53.6 Å². The Morgan fingerprint density at radius 2 is 2.00 bits per heavy atom. The number of phenolic OH excluding ortho intramolecular Hbond substituents is 1. The molecule has 0 amide bonds. The summed E-state index contributed by atoms with van der Waals surface area (Å²) in [4.78, 5) is 0. The normalized spacial score (nSPS) is 10.2. The molecule has 0 fully saturated rings. The average molecular weight is 228 g/mol. The molecule has 2 aromatic carbocycles. The summed E-state index contributed by atoms with van der Waals surface area (Å²) < 4.78 is 0. The Morgan fingerprint density at radius 3 is 2.71 bits per heavy atom. The van der Waals surface area contributed by atoms with E-state index < -0.39 is 0 Å². The van der Waals surface area contributed by atoms with Crippen LogP contribution in [0.15, 0.2) is 42.5 Å². The second-order valence-corrected chi connectivity index (χ2v) is 4.10. The van der Waals surface area contributed by atoms with Gasteiger partial charge in [-0.15, -0.1) is 0 Å². The van der Waals surface area contributed by atoms with Crippen LogP contribution in [0, 0.1) is 6.92 Å². The zero-order chi connectivity index (χ0) is 12.3. The third-order valence-corrected chi connectivity index (χ3v) is 2.64. The van der Waals surface area contributed by atoms with E-state index in [1.54, 1.807) is 12.1 Å². The molecule has 0 radical (unpaired) electrons. The van der Waals surface area contributed by atoms with Gasteiger partial charge in [0.05, 0.1) is 0 Å². The highest BCUT2D eigenvalue weighted by Gasteiger charge is 1.99. The number of hydrogen-bond acceptors (Lipinski definition) is 3. The minimum absolute atomic E-state index is 0.290. The van der Waals surface area contributed by atoms with E-state index in [1.165, 1.54) is 0 Å². The predicted molar refractivity (Wildman–Crippen MR) is 71.0 cm³/mol. The van der Waals surface area contributed by atoms with Gasteiger partial charge in [-0.2, -0.15) is 0 Å². The first kappa shape index (κ1) is 11.3. The maximum absolute atomic E-state index is 9.36. The Bertz CT molecular complexity index is 523. The highest BCUT2D eigenvalue weighted by atomic mass is 16.3. The number of aryl methyl sites for hydroxylation is 1. The molecule has 2 aromatic rings. The summed E-state index contributed by atoms with van der Waals surface area (Å²) in [7, 11) is 0. The molecule has 0 saturated heterocycles. The Labute approximate surface area is 101 Å². The molecule has 0 aromatic heterocycles. The minimum Gasteiger partial charge on any atom is -0.508 e. The van der Waals surface area contributed by atoms with E-state index in [1.807, 2.05) is 37.3 Å². The number of phenols is 1. The molecule has 3 heteroatoms. The molecule has 0 atom stereocenters. The van der Waals surface area contributed by atoms with Gasteiger partial charge in [-0.25, -0.2) is 0 Å². The fourth-order valence-electron chi connectivity index (χ4n) is 1.75. The van der Waals surface area contributed by atoms with E-state index in [9.17, 15) is 5.11 Å². The first-order valence-corrected chi connectivity index (χ1v) is 5.53. The van der Waals surface area contributed by atoms with Crippen LogP contribution in [0.25, 0.3) is 0 Å². The summed E-state index contributed by atoms with van der Waals surface area (Å²) in [5.41, 5.74) is 9.68. The molecule has 0 aliphatic carbocycles. The summed E-state index contributed by atoms with van der Waals surface area (Å²) in [5.74, 6) is 0.290. The molecule has 0 unspecified atom stereocenters. The minimum atomic E-state index is 0.290. The van der Waals surface area contributed by atoms with Crippen LogP contribution in [0.3, 0.4) is 0 Å². The maximum atomic E-state index is 9.36. The molecule has 0 aliphatic rings. The fourth-order valence-corrected chi connectivity index (χ4v) is 1.75. The zero-order valence-corrected chi connectivity index (χ0v) is 9.77. The lowest BCUT2D eigenvalue weighted by Crippen LogP contribution is -2.01. The summed E-state index contributed by atoms with van der Waals surface area (Å²) >= 11 is 0. The molecule has 17 heavy (non-hydrogen) atoms. The molecule has 0 saturated carbocycles. The SMILES string of the molecule is Cc1cc(N)ccc1NCc1cccc(O)c1. The van der Waals surface area contributed by atoms with E-state index in [0.717, 1.165) is 22.5 Å². The van der Waals surface area contributed by atoms with Crippen molar-refractivity contribution in [2.45, 2.75) is 13.5 Å². The number of nitrogens with two attached hydrogens (primary N) is 1. The summed E-state index contributed by atoms with van der Waals surface area (Å²) in [6, 6.07) is 13.0. The van der Waals surface area contributed by atoms with Gasteiger partial charge in [0.1, 0.15) is 5.75 Å². The lowest BCUT2D eigenvalue weighted by Gasteiger charge is -2.10. The van der Waals surface area contributed by atoms with Gasteiger partial charge < -0.3 is 16.2 Å². The van der Waals surface area contributed by atoms with Crippen LogP contribution in [-0.4, -0.2) is 5.11 Å². The van der Waals surface area contributed by atoms with E-state index >= 15 is 0 Å². The van der Waals surface area contributed by atoms with E-state index in [0.29, 0.717) is 12.3 Å². The number of aromatic hydroxyl groups is 1. The Kier molecular flexibility index (Phi) is 3.19. The van der Waals surface area contributed by atoms with Gasteiger partial charge in [0.25, 0.3) is 0 Å². The Hall–Kier alpha value is -2.16. The first-order valence-electron chi connectivity index (χ1n) is 5.53. The quantitative estimate of drug-likeness (QED) is 0.708. The smallest absolute Gasteiger partial charge is 0.115 e. The van der Waals surface area contributed by atoms with Gasteiger partial charge in [0.2, 0.25) is 0 Å². The number of nitrogens with one attached hydrogen (secondary N) is 1. The highest BCUT2D eigenvalue weighted by Crippen LogP contribution is 2.19. The molecule has 0 bridgehead atoms. The van der Waals surface area contributed by atoms with Gasteiger partial charge >= 0.3 is 0 Å². The van der Waals surface area contributed by atoms with Crippen LogP contribution in [0.1, 0.15) is 11.1 Å². The Morgan fingerprint density at radius 1 is 1.18 bits per heavy atom. The van der Waals surface area contributed by atoms with Crippen molar-refractivity contribution in [3.63, 3.8) is 0 Å². The number of nitrogen functional groups attached to an aromatic ring is 1. The van der Waals surface area contributed by atoms with Crippen molar-refractivity contribution in [1.29, 1.82) is 0 Å².